The van der Waals surface area contributed by atoms with Gasteiger partial charge in [0, 0.05) is 17.5 Å². The van der Waals surface area contributed by atoms with E-state index in [0.717, 1.165) is 17.0 Å². The molecule has 0 aliphatic heterocycles. The summed E-state index contributed by atoms with van der Waals surface area (Å²) in [5.74, 6) is 0. The van der Waals surface area contributed by atoms with Crippen LogP contribution in [0.2, 0.25) is 0 Å². The fourth-order valence-electron chi connectivity index (χ4n) is 2.05. The SMILES string of the molecule is CSc1ccc(C(O)CNS(=O)(=O)c2ccccc2[N+](=O)[O-])cc1. The number of benzene rings is 2. The number of sulfonamides is 1. The molecule has 0 saturated carbocycles. The van der Waals surface area contributed by atoms with Gasteiger partial charge >= 0.3 is 0 Å². The maximum absolute atomic E-state index is 12.3. The average molecular weight is 368 g/mol. The number of nitrogens with zero attached hydrogens (tertiary/aromatic N) is 1. The van der Waals surface area contributed by atoms with Gasteiger partial charge in [-0.15, -0.1) is 11.8 Å². The van der Waals surface area contributed by atoms with E-state index in [4.69, 9.17) is 0 Å². The first-order valence-corrected chi connectivity index (χ1v) is 9.61. The van der Waals surface area contributed by atoms with E-state index >= 15 is 0 Å². The van der Waals surface area contributed by atoms with Crippen LogP contribution in [0, 0.1) is 10.1 Å². The van der Waals surface area contributed by atoms with E-state index in [2.05, 4.69) is 4.72 Å². The van der Waals surface area contributed by atoms with E-state index in [1.165, 1.54) is 12.1 Å². The van der Waals surface area contributed by atoms with Crippen LogP contribution in [0.15, 0.2) is 58.3 Å². The van der Waals surface area contributed by atoms with Gasteiger partial charge in [-0.3, -0.25) is 10.1 Å². The fourth-order valence-corrected chi connectivity index (χ4v) is 3.66. The molecule has 0 fully saturated rings. The lowest BCUT2D eigenvalue weighted by Gasteiger charge is -2.13. The van der Waals surface area contributed by atoms with Crippen molar-refractivity contribution in [3.05, 3.63) is 64.2 Å². The van der Waals surface area contributed by atoms with Crippen molar-refractivity contribution < 1.29 is 18.4 Å². The second kappa shape index (κ2) is 7.75. The van der Waals surface area contributed by atoms with E-state index < -0.39 is 31.6 Å². The van der Waals surface area contributed by atoms with E-state index in [1.807, 2.05) is 18.4 Å². The van der Waals surface area contributed by atoms with Crippen molar-refractivity contribution in [2.24, 2.45) is 0 Å². The number of para-hydroxylation sites is 1. The Morgan fingerprint density at radius 3 is 2.42 bits per heavy atom. The van der Waals surface area contributed by atoms with Crippen molar-refractivity contribution in [3.63, 3.8) is 0 Å². The Morgan fingerprint density at radius 1 is 1.21 bits per heavy atom. The molecular weight excluding hydrogens is 352 g/mol. The van der Waals surface area contributed by atoms with Gasteiger partial charge in [0.2, 0.25) is 10.0 Å². The number of rotatable bonds is 7. The molecule has 0 aliphatic carbocycles. The Morgan fingerprint density at radius 2 is 1.83 bits per heavy atom. The van der Waals surface area contributed by atoms with Crippen LogP contribution in [0.1, 0.15) is 11.7 Å². The summed E-state index contributed by atoms with van der Waals surface area (Å²) in [6, 6.07) is 12.1. The molecule has 0 heterocycles. The quantitative estimate of drug-likeness (QED) is 0.441. The summed E-state index contributed by atoms with van der Waals surface area (Å²) in [6.45, 7) is -0.285. The average Bonchev–Trinajstić information content (AvgIpc) is 2.59. The van der Waals surface area contributed by atoms with Crippen molar-refractivity contribution in [1.29, 1.82) is 0 Å². The molecule has 1 atom stereocenters. The minimum absolute atomic E-state index is 0.285. The second-order valence-corrected chi connectivity index (χ2v) is 7.48. The molecule has 2 N–H and O–H groups in total. The summed E-state index contributed by atoms with van der Waals surface area (Å²) in [5.41, 5.74) is 0.0434. The number of hydrogen-bond acceptors (Lipinski definition) is 6. The highest BCUT2D eigenvalue weighted by Crippen LogP contribution is 2.23. The normalized spacial score (nSPS) is 12.8. The van der Waals surface area contributed by atoms with Gasteiger partial charge in [-0.1, -0.05) is 24.3 Å². The molecule has 2 aromatic carbocycles. The highest BCUT2D eigenvalue weighted by atomic mass is 32.2. The third kappa shape index (κ3) is 4.32. The summed E-state index contributed by atoms with van der Waals surface area (Å²) in [4.78, 5) is 10.8. The smallest absolute Gasteiger partial charge is 0.289 e. The Labute approximate surface area is 143 Å². The zero-order valence-electron chi connectivity index (χ0n) is 12.7. The molecule has 0 spiro atoms. The molecule has 0 aliphatic rings. The standard InChI is InChI=1S/C15H16N2O5S2/c1-23-12-8-6-11(7-9-12)14(18)10-16-24(21,22)15-5-3-2-4-13(15)17(19)20/h2-9,14,16,18H,10H2,1H3. The van der Waals surface area contributed by atoms with Gasteiger partial charge in [0.15, 0.2) is 4.90 Å². The molecular formula is C15H16N2O5S2. The molecule has 2 rings (SSSR count). The first-order chi connectivity index (χ1) is 11.3. The van der Waals surface area contributed by atoms with Crippen LogP contribution in [0.4, 0.5) is 5.69 Å². The van der Waals surface area contributed by atoms with Gasteiger partial charge in [0.1, 0.15) is 0 Å². The summed E-state index contributed by atoms with van der Waals surface area (Å²) in [6.07, 6.45) is 0.866. The van der Waals surface area contributed by atoms with Crippen molar-refractivity contribution in [1.82, 2.24) is 4.72 Å². The lowest BCUT2D eigenvalue weighted by molar-refractivity contribution is -0.387. The van der Waals surface area contributed by atoms with Crippen LogP contribution < -0.4 is 4.72 Å². The van der Waals surface area contributed by atoms with E-state index in [0.29, 0.717) is 5.56 Å². The molecule has 0 amide bonds. The molecule has 0 bridgehead atoms. The van der Waals surface area contributed by atoms with Crippen LogP contribution in [0.3, 0.4) is 0 Å². The Kier molecular flexibility index (Phi) is 5.94. The molecule has 0 radical (unpaired) electrons. The molecule has 0 saturated heterocycles. The minimum Gasteiger partial charge on any atom is -0.387 e. The van der Waals surface area contributed by atoms with E-state index in [9.17, 15) is 23.6 Å². The number of aliphatic hydroxyl groups is 1. The first kappa shape index (κ1) is 18.4. The molecule has 128 valence electrons. The third-order valence-corrected chi connectivity index (χ3v) is 5.53. The number of aliphatic hydroxyl groups excluding tert-OH is 1. The fraction of sp³-hybridized carbons (Fsp3) is 0.200. The lowest BCUT2D eigenvalue weighted by atomic mass is 10.1. The maximum atomic E-state index is 12.3. The van der Waals surface area contributed by atoms with Crippen molar-refractivity contribution in [2.45, 2.75) is 15.9 Å². The number of hydrogen-bond donors (Lipinski definition) is 2. The van der Waals surface area contributed by atoms with E-state index in [-0.39, 0.29) is 6.54 Å². The lowest BCUT2D eigenvalue weighted by Crippen LogP contribution is -2.29. The van der Waals surface area contributed by atoms with Gasteiger partial charge in [-0.05, 0) is 30.0 Å². The number of nitro groups is 1. The second-order valence-electron chi connectivity index (χ2n) is 4.87. The van der Waals surface area contributed by atoms with Gasteiger partial charge in [-0.2, -0.15) is 0 Å². The van der Waals surface area contributed by atoms with Crippen LogP contribution in [-0.4, -0.2) is 31.2 Å². The van der Waals surface area contributed by atoms with Crippen molar-refractivity contribution in [2.75, 3.05) is 12.8 Å². The summed E-state index contributed by atoms with van der Waals surface area (Å²) in [7, 11) is -4.11. The van der Waals surface area contributed by atoms with Gasteiger partial charge in [0.25, 0.3) is 5.69 Å². The number of nitro benzene ring substituents is 1. The van der Waals surface area contributed by atoms with Gasteiger partial charge in [0.05, 0.1) is 11.0 Å². The minimum atomic E-state index is -4.11. The zero-order valence-corrected chi connectivity index (χ0v) is 14.4. The largest absolute Gasteiger partial charge is 0.387 e. The molecule has 9 heteroatoms. The number of nitrogens with one attached hydrogen (secondary N) is 1. The topological polar surface area (TPSA) is 110 Å². The summed E-state index contributed by atoms with van der Waals surface area (Å²) in [5, 5.41) is 21.1. The third-order valence-electron chi connectivity index (χ3n) is 3.32. The monoisotopic (exact) mass is 368 g/mol. The molecule has 1 unspecified atom stereocenters. The van der Waals surface area contributed by atoms with E-state index in [1.54, 1.807) is 23.9 Å². The highest BCUT2D eigenvalue weighted by Gasteiger charge is 2.25. The molecule has 24 heavy (non-hydrogen) atoms. The zero-order chi connectivity index (χ0) is 17.7. The Bertz CT molecular complexity index is 822. The Balaban J connectivity index is 2.13. The predicted octanol–water partition coefficient (Wildman–Crippen LogP) is 2.33. The predicted molar refractivity (Wildman–Crippen MR) is 91.5 cm³/mol. The highest BCUT2D eigenvalue weighted by molar-refractivity contribution is 7.98. The summed E-state index contributed by atoms with van der Waals surface area (Å²) < 4.78 is 26.7. The van der Waals surface area contributed by atoms with Crippen molar-refractivity contribution in [3.8, 4) is 0 Å². The molecule has 0 aromatic heterocycles. The van der Waals surface area contributed by atoms with Crippen LogP contribution in [0.25, 0.3) is 0 Å². The van der Waals surface area contributed by atoms with Crippen molar-refractivity contribution >= 4 is 27.5 Å². The van der Waals surface area contributed by atoms with Crippen LogP contribution in [0.5, 0.6) is 0 Å². The molecule has 7 nitrogen and oxygen atoms in total. The Hall–Kier alpha value is -1.94. The van der Waals surface area contributed by atoms with Crippen LogP contribution >= 0.6 is 11.8 Å². The first-order valence-electron chi connectivity index (χ1n) is 6.90. The maximum Gasteiger partial charge on any atom is 0.289 e. The van der Waals surface area contributed by atoms with Crippen LogP contribution in [-0.2, 0) is 10.0 Å². The van der Waals surface area contributed by atoms with Gasteiger partial charge < -0.3 is 5.11 Å². The van der Waals surface area contributed by atoms with Gasteiger partial charge in [-0.25, -0.2) is 13.1 Å². The number of thioether (sulfide) groups is 1. The summed E-state index contributed by atoms with van der Waals surface area (Å²) >= 11 is 1.55. The molecule has 2 aromatic rings.